The van der Waals surface area contributed by atoms with Crippen molar-refractivity contribution in [2.45, 2.75) is 23.3 Å². The van der Waals surface area contributed by atoms with Crippen molar-refractivity contribution in [3.63, 3.8) is 0 Å². The van der Waals surface area contributed by atoms with E-state index < -0.39 is 10.5 Å². The lowest BCUT2D eigenvalue weighted by atomic mass is 10.4. The zero-order valence-electron chi connectivity index (χ0n) is 17.5. The lowest BCUT2D eigenvalue weighted by Gasteiger charge is -2.20. The van der Waals surface area contributed by atoms with Gasteiger partial charge in [-0.2, -0.15) is 0 Å². The Labute approximate surface area is 194 Å². The summed E-state index contributed by atoms with van der Waals surface area (Å²) in [6.45, 7) is 7.32. The number of carbonyl (C=O) groups excluding carboxylic acids is 6. The highest BCUT2D eigenvalue weighted by atomic mass is 32.2. The molecule has 174 valence electrons. The van der Waals surface area contributed by atoms with Gasteiger partial charge in [-0.1, -0.05) is 13.2 Å². The van der Waals surface area contributed by atoms with E-state index in [1.807, 2.05) is 0 Å². The van der Waals surface area contributed by atoms with E-state index in [-0.39, 0.29) is 61.4 Å². The second kappa shape index (κ2) is 12.4. The molecule has 0 bridgehead atoms. The molecule has 0 aromatic carbocycles. The molecule has 2 unspecified atom stereocenters. The fourth-order valence-corrected chi connectivity index (χ4v) is 5.20. The third kappa shape index (κ3) is 6.95. The Morgan fingerprint density at radius 2 is 1.19 bits per heavy atom. The van der Waals surface area contributed by atoms with Gasteiger partial charge in [0.15, 0.2) is 0 Å². The quantitative estimate of drug-likeness (QED) is 0.200. The minimum atomic E-state index is -0.540. The molecule has 0 aromatic heterocycles. The second-order valence-corrected chi connectivity index (χ2v) is 9.51. The van der Waals surface area contributed by atoms with E-state index in [9.17, 15) is 28.8 Å². The van der Waals surface area contributed by atoms with Gasteiger partial charge in [0.25, 0.3) is 0 Å². The van der Waals surface area contributed by atoms with Crippen LogP contribution in [0.1, 0.15) is 12.8 Å². The molecule has 0 radical (unpaired) electrons. The number of nitrogens with one attached hydrogen (secondary N) is 2. The number of amides is 6. The first-order valence-corrected chi connectivity index (χ1v) is 12.1. The summed E-state index contributed by atoms with van der Waals surface area (Å²) >= 11 is 2.56. The molecule has 2 aliphatic heterocycles. The van der Waals surface area contributed by atoms with Crippen molar-refractivity contribution in [2.24, 2.45) is 0 Å². The molecule has 0 aromatic rings. The molecule has 2 N–H and O–H groups in total. The Hall–Kier alpha value is -2.60. The van der Waals surface area contributed by atoms with Crippen LogP contribution in [0, 0.1) is 0 Å². The first-order chi connectivity index (χ1) is 15.3. The summed E-state index contributed by atoms with van der Waals surface area (Å²) < 4.78 is 0. The predicted octanol–water partition coefficient (Wildman–Crippen LogP) is -0.688. The third-order valence-corrected chi connectivity index (χ3v) is 7.18. The number of carbonyl (C=O) groups is 6. The first kappa shape index (κ1) is 25.7. The zero-order valence-corrected chi connectivity index (χ0v) is 19.2. The number of rotatable bonds is 13. The zero-order chi connectivity index (χ0) is 23.7. The molecule has 10 nitrogen and oxygen atoms in total. The molecule has 6 amide bonds. The largest absolute Gasteiger partial charge is 0.352 e. The van der Waals surface area contributed by atoms with Crippen molar-refractivity contribution in [1.82, 2.24) is 20.4 Å². The average molecular weight is 483 g/mol. The van der Waals surface area contributed by atoms with Gasteiger partial charge in [0.1, 0.15) is 0 Å². The van der Waals surface area contributed by atoms with E-state index in [1.165, 1.54) is 23.5 Å². The van der Waals surface area contributed by atoms with Crippen LogP contribution in [0.15, 0.2) is 25.3 Å². The van der Waals surface area contributed by atoms with Gasteiger partial charge in [0.2, 0.25) is 35.4 Å². The van der Waals surface area contributed by atoms with Gasteiger partial charge in [0.05, 0.1) is 10.5 Å². The fraction of sp³-hybridized carbons (Fsp3) is 0.500. The van der Waals surface area contributed by atoms with Crippen LogP contribution in [0.5, 0.6) is 0 Å². The maximum Gasteiger partial charge on any atom is 0.243 e. The number of likely N-dealkylation sites (tertiary alicyclic amines) is 2. The highest BCUT2D eigenvalue weighted by Gasteiger charge is 2.42. The van der Waals surface area contributed by atoms with Crippen molar-refractivity contribution in [3.05, 3.63) is 25.3 Å². The highest BCUT2D eigenvalue weighted by molar-refractivity contribution is 8.00. The van der Waals surface area contributed by atoms with Crippen LogP contribution in [0.3, 0.4) is 0 Å². The average Bonchev–Trinajstić information content (AvgIpc) is 3.20. The SMILES string of the molecule is C=CC(=O)NCCSC1CC(=O)N(CCN2C(=O)CC(SCCNC(=O)C=C)C2=O)C1=O. The molecule has 0 saturated carbocycles. The lowest BCUT2D eigenvalue weighted by molar-refractivity contribution is -0.143. The summed E-state index contributed by atoms with van der Waals surface area (Å²) in [4.78, 5) is 74.0. The second-order valence-electron chi connectivity index (χ2n) is 6.88. The lowest BCUT2D eigenvalue weighted by Crippen LogP contribution is -2.41. The fourth-order valence-electron chi connectivity index (χ4n) is 3.13. The smallest absolute Gasteiger partial charge is 0.243 e. The van der Waals surface area contributed by atoms with E-state index in [0.717, 1.165) is 22.0 Å². The van der Waals surface area contributed by atoms with Crippen LogP contribution in [0.4, 0.5) is 0 Å². The van der Waals surface area contributed by atoms with Crippen LogP contribution < -0.4 is 10.6 Å². The topological polar surface area (TPSA) is 133 Å². The maximum absolute atomic E-state index is 12.5. The van der Waals surface area contributed by atoms with Gasteiger partial charge in [0, 0.05) is 50.5 Å². The summed E-state index contributed by atoms with van der Waals surface area (Å²) in [5, 5.41) is 4.12. The molecule has 2 rings (SSSR count). The minimum absolute atomic E-state index is 0.0355. The molecule has 2 heterocycles. The Morgan fingerprint density at radius 1 is 0.812 bits per heavy atom. The van der Waals surface area contributed by atoms with Crippen LogP contribution >= 0.6 is 23.5 Å². The Balaban J connectivity index is 1.77. The monoisotopic (exact) mass is 482 g/mol. The van der Waals surface area contributed by atoms with Gasteiger partial charge in [-0.05, 0) is 12.2 Å². The summed E-state index contributed by atoms with van der Waals surface area (Å²) in [6, 6.07) is 0. The van der Waals surface area contributed by atoms with Gasteiger partial charge in [-0.3, -0.25) is 38.6 Å². The number of imide groups is 2. The minimum Gasteiger partial charge on any atom is -0.352 e. The van der Waals surface area contributed by atoms with E-state index in [0.29, 0.717) is 24.6 Å². The van der Waals surface area contributed by atoms with Crippen LogP contribution in [-0.2, 0) is 28.8 Å². The van der Waals surface area contributed by atoms with Gasteiger partial charge < -0.3 is 10.6 Å². The van der Waals surface area contributed by atoms with Crippen molar-refractivity contribution in [1.29, 1.82) is 0 Å². The summed E-state index contributed by atoms with van der Waals surface area (Å²) in [7, 11) is 0. The molecular formula is C20H26N4O6S2. The van der Waals surface area contributed by atoms with Crippen molar-refractivity contribution < 1.29 is 28.8 Å². The molecule has 12 heteroatoms. The van der Waals surface area contributed by atoms with Crippen LogP contribution in [0.25, 0.3) is 0 Å². The molecule has 32 heavy (non-hydrogen) atoms. The van der Waals surface area contributed by atoms with Gasteiger partial charge in [-0.15, -0.1) is 23.5 Å². The number of hydrogen-bond donors (Lipinski definition) is 2. The summed E-state index contributed by atoms with van der Waals surface area (Å²) in [5.41, 5.74) is 0. The summed E-state index contributed by atoms with van der Waals surface area (Å²) in [6.07, 6.45) is 2.41. The molecule has 2 saturated heterocycles. The normalized spacial score (nSPS) is 20.6. The molecule has 2 atom stereocenters. The van der Waals surface area contributed by atoms with Crippen LogP contribution in [0.2, 0.25) is 0 Å². The Morgan fingerprint density at radius 3 is 1.53 bits per heavy atom. The van der Waals surface area contributed by atoms with E-state index in [1.54, 1.807) is 0 Å². The standard InChI is InChI=1S/C20H26N4O6S2/c1-3-15(25)21-5-9-31-13-11-17(27)23(19(13)29)7-8-24-18(28)12-14(20(24)30)32-10-6-22-16(26)4-2/h3-4,13-14H,1-2,5-12H2,(H,21,25)(H,22,26). The summed E-state index contributed by atoms with van der Waals surface area (Å²) in [5.74, 6) is -1.07. The first-order valence-electron chi connectivity index (χ1n) is 10.0. The number of thioether (sulfide) groups is 2. The van der Waals surface area contributed by atoms with Gasteiger partial charge >= 0.3 is 0 Å². The highest BCUT2D eigenvalue weighted by Crippen LogP contribution is 2.27. The van der Waals surface area contributed by atoms with Crippen LogP contribution in [-0.4, -0.2) is 93.4 Å². The Kier molecular flexibility index (Phi) is 9.97. The van der Waals surface area contributed by atoms with Crippen molar-refractivity contribution in [3.8, 4) is 0 Å². The molecule has 2 fully saturated rings. The van der Waals surface area contributed by atoms with E-state index in [4.69, 9.17) is 0 Å². The van der Waals surface area contributed by atoms with E-state index >= 15 is 0 Å². The van der Waals surface area contributed by atoms with Gasteiger partial charge in [-0.25, -0.2) is 0 Å². The Bertz CT molecular complexity index is 752. The number of hydrogen-bond acceptors (Lipinski definition) is 8. The van der Waals surface area contributed by atoms with E-state index in [2.05, 4.69) is 23.8 Å². The molecular weight excluding hydrogens is 456 g/mol. The van der Waals surface area contributed by atoms with Crippen molar-refractivity contribution >= 4 is 59.0 Å². The third-order valence-electron chi connectivity index (χ3n) is 4.76. The molecule has 2 aliphatic rings. The molecule has 0 aliphatic carbocycles. The van der Waals surface area contributed by atoms with Crippen molar-refractivity contribution in [2.75, 3.05) is 37.7 Å². The molecule has 0 spiro atoms. The maximum atomic E-state index is 12.5. The number of nitrogens with zero attached hydrogens (tertiary/aromatic N) is 2. The predicted molar refractivity (Wildman–Crippen MR) is 122 cm³/mol.